The lowest BCUT2D eigenvalue weighted by molar-refractivity contribution is -0.0118. The molecule has 3 aromatic heterocycles. The molecule has 4 amide bonds. The number of ether oxygens (including phenoxy) is 3. The number of amides is 4. The molecule has 0 saturated heterocycles. The van der Waals surface area contributed by atoms with Crippen LogP contribution in [0.15, 0.2) is 85.3 Å². The maximum Gasteiger partial charge on any atom is 0.410 e. The molecule has 5 aromatic rings. The van der Waals surface area contributed by atoms with Crippen LogP contribution in [0.4, 0.5) is 21.2 Å². The van der Waals surface area contributed by atoms with Gasteiger partial charge in [-0.2, -0.15) is 5.10 Å². The highest BCUT2D eigenvalue weighted by Crippen LogP contribution is 2.32. The number of carbonyl (C=O) groups excluding carboxylic acids is 4. The summed E-state index contributed by atoms with van der Waals surface area (Å²) in [5.74, 6) is 1.47. The van der Waals surface area contributed by atoms with E-state index < -0.39 is 47.7 Å². The average molecular weight is 1060 g/mol. The number of pyridine rings is 2. The summed E-state index contributed by atoms with van der Waals surface area (Å²) in [5, 5.41) is 48.6. The fraction of sp³-hybridized carbons (Fsp3) is 0.491. The van der Waals surface area contributed by atoms with Crippen molar-refractivity contribution in [3.8, 4) is 11.5 Å². The molecule has 0 unspecified atom stereocenters. The summed E-state index contributed by atoms with van der Waals surface area (Å²) in [5.41, 5.74) is 4.07. The Bertz CT molecular complexity index is 2870. The van der Waals surface area contributed by atoms with Crippen molar-refractivity contribution in [3.05, 3.63) is 124 Å². The minimum absolute atomic E-state index is 0.0300. The molecule has 77 heavy (non-hydrogen) atoms. The molecule has 0 radical (unpaired) electrons. The van der Waals surface area contributed by atoms with Gasteiger partial charge in [-0.3, -0.25) is 24.1 Å². The summed E-state index contributed by atoms with van der Waals surface area (Å²) in [6.45, 7) is 11.5. The van der Waals surface area contributed by atoms with Gasteiger partial charge >= 0.3 is 12.2 Å². The summed E-state index contributed by atoms with van der Waals surface area (Å²) in [6.07, 6.45) is 9.35. The van der Waals surface area contributed by atoms with Crippen molar-refractivity contribution in [1.82, 2.24) is 40.2 Å². The van der Waals surface area contributed by atoms with E-state index in [1.165, 1.54) is 17.7 Å². The molecule has 7 N–H and O–H groups in total. The zero-order valence-corrected chi connectivity index (χ0v) is 45.1. The van der Waals surface area contributed by atoms with Crippen LogP contribution in [-0.2, 0) is 49.1 Å². The van der Waals surface area contributed by atoms with Crippen LogP contribution in [0, 0.1) is 0 Å². The van der Waals surface area contributed by atoms with Crippen LogP contribution in [-0.4, -0.2) is 130 Å². The molecule has 4 aliphatic rings. The minimum Gasteiger partial charge on any atom is -0.508 e. The van der Waals surface area contributed by atoms with Crippen molar-refractivity contribution < 1.29 is 48.7 Å². The molecule has 9 rings (SSSR count). The van der Waals surface area contributed by atoms with Crippen LogP contribution in [0.2, 0.25) is 0 Å². The van der Waals surface area contributed by atoms with Gasteiger partial charge in [-0.25, -0.2) is 19.6 Å². The SMILES string of the molecule is CC(C)(C)OC(=O)N1Cc2cc(O)ccc2C[C@H]1[C@H](O)CNC(=O)c1ccnc(NC2CCC2)c1.Cn1nccc1COc1ccc2c(c1)CN(C(=O)OC(C)(C)C)[C@H]([C@H](O)CNC(=O)c1ccnc(NC3CCC3)c1)C2. The topological polar surface area (TPSA) is 255 Å². The Morgan fingerprint density at radius 2 is 1.12 bits per heavy atom. The van der Waals surface area contributed by atoms with E-state index in [0.29, 0.717) is 60.0 Å². The molecule has 4 atom stereocenters. The van der Waals surface area contributed by atoms with E-state index in [0.717, 1.165) is 53.6 Å². The number of carbonyl (C=O) groups is 4. The van der Waals surface area contributed by atoms with Gasteiger partial charge in [0.1, 0.15) is 40.9 Å². The molecule has 20 nitrogen and oxygen atoms in total. The molecule has 2 saturated carbocycles. The fourth-order valence-electron chi connectivity index (χ4n) is 9.39. The van der Waals surface area contributed by atoms with E-state index in [9.17, 15) is 34.5 Å². The third-order valence-electron chi connectivity index (χ3n) is 14.1. The molecule has 2 aromatic carbocycles. The van der Waals surface area contributed by atoms with Gasteiger partial charge in [0.25, 0.3) is 11.8 Å². The van der Waals surface area contributed by atoms with E-state index in [2.05, 4.69) is 36.3 Å². The fourth-order valence-corrected chi connectivity index (χ4v) is 9.39. The lowest BCUT2D eigenvalue weighted by atomic mass is 9.91. The highest BCUT2D eigenvalue weighted by atomic mass is 16.6. The Balaban J connectivity index is 0.000000207. The van der Waals surface area contributed by atoms with Crippen molar-refractivity contribution in [2.45, 2.75) is 160 Å². The second kappa shape index (κ2) is 24.3. The number of anilines is 2. The monoisotopic (exact) mass is 1060 g/mol. The smallest absolute Gasteiger partial charge is 0.410 e. The number of aliphatic hydroxyl groups excluding tert-OH is 2. The second-order valence-electron chi connectivity index (χ2n) is 22.3. The van der Waals surface area contributed by atoms with Crippen molar-refractivity contribution in [2.24, 2.45) is 7.05 Å². The highest BCUT2D eigenvalue weighted by Gasteiger charge is 2.39. The number of aromatic hydroxyl groups is 1. The number of nitrogens with one attached hydrogen (secondary N) is 4. The summed E-state index contributed by atoms with van der Waals surface area (Å²) < 4.78 is 19.0. The molecular formula is C57H74N10O10. The lowest BCUT2D eigenvalue weighted by Crippen LogP contribution is -2.54. The van der Waals surface area contributed by atoms with Crippen LogP contribution >= 0.6 is 0 Å². The third kappa shape index (κ3) is 15.2. The predicted molar refractivity (Wildman–Crippen MR) is 288 cm³/mol. The number of nitrogens with zero attached hydrogens (tertiary/aromatic N) is 6. The zero-order valence-electron chi connectivity index (χ0n) is 45.1. The van der Waals surface area contributed by atoms with Gasteiger partial charge in [-0.1, -0.05) is 12.1 Å². The number of benzene rings is 2. The summed E-state index contributed by atoms with van der Waals surface area (Å²) in [6, 6.07) is 19.0. The first-order valence-electron chi connectivity index (χ1n) is 26.5. The first-order chi connectivity index (χ1) is 36.6. The van der Waals surface area contributed by atoms with Crippen molar-refractivity contribution in [2.75, 3.05) is 23.7 Å². The summed E-state index contributed by atoms with van der Waals surface area (Å²) >= 11 is 0. The van der Waals surface area contributed by atoms with E-state index in [1.807, 2.05) is 52.1 Å². The number of aryl methyl sites for hydroxylation is 1. The number of phenolic OH excluding ortho intramolecular Hbond substituents is 1. The molecule has 0 bridgehead atoms. The van der Waals surface area contributed by atoms with Crippen LogP contribution in [0.1, 0.15) is 129 Å². The lowest BCUT2D eigenvalue weighted by Gasteiger charge is -2.40. The maximum absolute atomic E-state index is 13.3. The molecule has 5 heterocycles. The number of aliphatic hydroxyl groups is 2. The summed E-state index contributed by atoms with van der Waals surface area (Å²) in [7, 11) is 1.86. The predicted octanol–water partition coefficient (Wildman–Crippen LogP) is 7.02. The van der Waals surface area contributed by atoms with Crippen molar-refractivity contribution in [3.63, 3.8) is 0 Å². The largest absolute Gasteiger partial charge is 0.508 e. The number of rotatable bonds is 15. The normalized spacial score (nSPS) is 18.1. The molecule has 2 aliphatic heterocycles. The maximum atomic E-state index is 13.3. The molecule has 2 fully saturated rings. The summed E-state index contributed by atoms with van der Waals surface area (Å²) in [4.78, 5) is 63.6. The first kappa shape index (κ1) is 55.8. The van der Waals surface area contributed by atoms with Gasteiger partial charge in [-0.15, -0.1) is 0 Å². The van der Waals surface area contributed by atoms with Crippen molar-refractivity contribution >= 4 is 35.6 Å². The number of fused-ring (bicyclic) bond motifs is 2. The molecule has 0 spiro atoms. The van der Waals surface area contributed by atoms with E-state index in [4.69, 9.17) is 14.2 Å². The van der Waals surface area contributed by atoms with Gasteiger partial charge in [-0.05, 0) is 170 Å². The standard InChI is InChI=1S/C31H40N6O5.C26H34N4O5/c1-31(2,3)42-30(40)37-18-22-14-25(41-19-24-11-13-34-36(24)4)9-8-20(22)15-26(37)27(38)17-33-29(39)21-10-12-32-28(16-21)35-23-6-5-7-23;1-26(2,3)35-25(34)30-15-18-11-20(31)8-7-16(18)12-21(30)22(32)14-28-24(33)17-9-10-27-23(13-17)29-19-5-4-6-19/h8-14,16,23,26-27,38H,5-7,15,17-19H2,1-4H3,(H,32,35)(H,33,39);7-11,13,19,21-22,31-32H,4-6,12,14-15H2,1-3H3,(H,27,29)(H,28,33)/t26-,27+;21-,22+/m00/s1. The number of hydrogen-bond acceptors (Lipinski definition) is 15. The van der Waals surface area contributed by atoms with Gasteiger partial charge in [0.2, 0.25) is 0 Å². The third-order valence-corrected chi connectivity index (χ3v) is 14.1. The minimum atomic E-state index is -1.03. The number of aromatic nitrogens is 4. The van der Waals surface area contributed by atoms with E-state index >= 15 is 0 Å². The molecular weight excluding hydrogens is 985 g/mol. The first-order valence-corrected chi connectivity index (χ1v) is 26.5. The Morgan fingerprint density at radius 3 is 1.56 bits per heavy atom. The van der Waals surface area contributed by atoms with Gasteiger partial charge in [0.05, 0.1) is 30.0 Å². The van der Waals surface area contributed by atoms with Crippen LogP contribution in [0.3, 0.4) is 0 Å². The quantitative estimate of drug-likeness (QED) is 0.0556. The average Bonchev–Trinajstić information content (AvgIpc) is 3.78. The van der Waals surface area contributed by atoms with Crippen LogP contribution in [0.5, 0.6) is 11.5 Å². The van der Waals surface area contributed by atoms with E-state index in [-0.39, 0.29) is 43.7 Å². The Hall–Kier alpha value is -7.45. The van der Waals surface area contributed by atoms with Crippen molar-refractivity contribution in [1.29, 1.82) is 0 Å². The van der Waals surface area contributed by atoms with Crippen LogP contribution in [0.25, 0.3) is 0 Å². The number of phenols is 1. The number of hydrogen-bond donors (Lipinski definition) is 7. The Labute approximate surface area is 449 Å². The van der Waals surface area contributed by atoms with Gasteiger partial charge < -0.3 is 50.8 Å². The van der Waals surface area contributed by atoms with E-state index in [1.54, 1.807) is 91.4 Å². The molecule has 412 valence electrons. The Kier molecular flexibility index (Phi) is 17.6. The molecule has 20 heteroatoms. The van der Waals surface area contributed by atoms with Crippen LogP contribution < -0.4 is 26.0 Å². The molecule has 2 aliphatic carbocycles. The zero-order chi connectivity index (χ0) is 55.0. The second-order valence-corrected chi connectivity index (χ2v) is 22.3. The highest BCUT2D eigenvalue weighted by molar-refractivity contribution is 5.95. The Morgan fingerprint density at radius 1 is 0.636 bits per heavy atom. The van der Waals surface area contributed by atoms with Gasteiger partial charge in [0, 0.05) is 75.0 Å². The van der Waals surface area contributed by atoms with Gasteiger partial charge in [0.15, 0.2) is 0 Å².